The molecule has 0 unspecified atom stereocenters. The van der Waals surface area contributed by atoms with Crippen molar-refractivity contribution < 1.29 is 14.6 Å². The second-order valence-electron chi connectivity index (χ2n) is 9.61. The van der Waals surface area contributed by atoms with Crippen LogP contribution in [0.5, 0.6) is 0 Å². The molecule has 1 aliphatic heterocycles. The third-order valence-corrected chi connectivity index (χ3v) is 5.82. The molecule has 0 radical (unpaired) electrons. The fraction of sp³-hybridized carbons (Fsp3) is 0.432. The van der Waals surface area contributed by atoms with Crippen molar-refractivity contribution in [3.63, 3.8) is 0 Å². The van der Waals surface area contributed by atoms with Crippen molar-refractivity contribution in [2.45, 2.75) is 74.1 Å². The maximum Gasteiger partial charge on any atom is 0.116 e. The molecular weight excluding hydrogens is 506 g/mol. The average Bonchev–Trinajstić information content (AvgIpc) is 3.48. The monoisotopic (exact) mass is 563 g/mol. The fourth-order valence-corrected chi connectivity index (χ4v) is 3.65. The molecule has 1 heterocycles. The predicted molar refractivity (Wildman–Crippen MR) is 182 cm³/mol. The van der Waals surface area contributed by atoms with Gasteiger partial charge in [-0.05, 0) is 109 Å². The quantitative estimate of drug-likeness (QED) is 0.0904. The van der Waals surface area contributed by atoms with E-state index in [-0.39, 0.29) is 5.76 Å². The van der Waals surface area contributed by atoms with Crippen molar-refractivity contribution in [3.8, 4) is 0 Å². The van der Waals surface area contributed by atoms with Crippen molar-refractivity contribution in [1.82, 2.24) is 4.90 Å². The van der Waals surface area contributed by atoms with Crippen molar-refractivity contribution in [2.75, 3.05) is 32.8 Å². The third kappa shape index (κ3) is 24.3. The maximum absolute atomic E-state index is 9.10. The number of rotatable bonds is 12. The summed E-state index contributed by atoms with van der Waals surface area (Å²) in [5.74, 6) is 0.236. The van der Waals surface area contributed by atoms with Gasteiger partial charge in [0.25, 0.3) is 0 Å². The maximum atomic E-state index is 9.10. The second-order valence-corrected chi connectivity index (χ2v) is 9.61. The number of benzene rings is 1. The lowest BCUT2D eigenvalue weighted by Gasteiger charge is -2.14. The number of ether oxygens (including phenoxy) is 1. The van der Waals surface area contributed by atoms with Crippen LogP contribution >= 0.6 is 0 Å². The molecule has 0 aliphatic carbocycles. The highest BCUT2D eigenvalue weighted by Gasteiger charge is 2.10. The molecule has 0 amide bonds. The molecule has 1 fully saturated rings. The number of hydrogen-bond acceptors (Lipinski definition) is 4. The number of aldehydes is 1. The van der Waals surface area contributed by atoms with Crippen LogP contribution in [0.4, 0.5) is 0 Å². The molecule has 4 heteroatoms. The van der Waals surface area contributed by atoms with Gasteiger partial charge in [-0.2, -0.15) is 0 Å². The highest BCUT2D eigenvalue weighted by Crippen LogP contribution is 2.16. The molecule has 1 N–H and O–H groups in total. The van der Waals surface area contributed by atoms with E-state index in [1.165, 1.54) is 68.1 Å². The van der Waals surface area contributed by atoms with E-state index in [0.29, 0.717) is 13.2 Å². The minimum Gasteiger partial charge on any atom is -0.508 e. The van der Waals surface area contributed by atoms with E-state index in [9.17, 15) is 0 Å². The van der Waals surface area contributed by atoms with Crippen molar-refractivity contribution in [1.29, 1.82) is 0 Å². The Kier molecular flexibility index (Phi) is 27.6. The summed E-state index contributed by atoms with van der Waals surface area (Å²) in [4.78, 5) is 11.4. The number of aliphatic hydroxyl groups excluding tert-OH is 1. The molecule has 41 heavy (non-hydrogen) atoms. The lowest BCUT2D eigenvalue weighted by molar-refractivity contribution is -0.106. The van der Waals surface area contributed by atoms with Gasteiger partial charge in [-0.15, -0.1) is 6.58 Å². The summed E-state index contributed by atoms with van der Waals surface area (Å²) in [5.41, 5.74) is 6.34. The van der Waals surface area contributed by atoms with Crippen LogP contribution in [0.15, 0.2) is 96.9 Å². The number of hydrogen-bond donors (Lipinski definition) is 1. The molecule has 0 saturated carbocycles. The van der Waals surface area contributed by atoms with Crippen LogP contribution in [0, 0.1) is 13.8 Å². The van der Waals surface area contributed by atoms with E-state index in [4.69, 9.17) is 14.6 Å². The van der Waals surface area contributed by atoms with E-state index in [1.807, 2.05) is 26.0 Å². The first-order valence-electron chi connectivity index (χ1n) is 14.8. The van der Waals surface area contributed by atoms with Crippen LogP contribution < -0.4 is 0 Å². The molecule has 0 atom stereocenters. The van der Waals surface area contributed by atoms with Gasteiger partial charge in [-0.1, -0.05) is 85.4 Å². The fourth-order valence-electron chi connectivity index (χ4n) is 3.65. The van der Waals surface area contributed by atoms with Crippen LogP contribution in [-0.2, 0) is 9.53 Å². The van der Waals surface area contributed by atoms with Crippen molar-refractivity contribution >= 4 is 12.4 Å². The third-order valence-electron chi connectivity index (χ3n) is 5.82. The van der Waals surface area contributed by atoms with Gasteiger partial charge in [0.15, 0.2) is 0 Å². The molecule has 1 saturated heterocycles. The minimum absolute atomic E-state index is 0.236. The van der Waals surface area contributed by atoms with Crippen molar-refractivity contribution in [2.24, 2.45) is 0 Å². The zero-order valence-electron chi connectivity index (χ0n) is 27.0. The highest BCUT2D eigenvalue weighted by atomic mass is 16.5. The Morgan fingerprint density at radius 2 is 1.71 bits per heavy atom. The smallest absolute Gasteiger partial charge is 0.116 e. The second kappa shape index (κ2) is 28.3. The number of carbonyl (C=O) groups is 1. The Morgan fingerprint density at radius 1 is 1.07 bits per heavy atom. The SMILES string of the molecule is C=C(/C=C\C(O)=C/C)COC/C=C\C.C=CC.CC/C=C(/C=C\c1cc(C)ccc1C)CCN1CCCC1.CC=O. The first kappa shape index (κ1) is 39.9. The standard InChI is InChI=1S/C20H29N.C12H18O2.C3H6.C2H4O/c1-4-7-19(12-15-21-13-5-6-14-21)10-11-20-16-17(2)8-9-18(20)3;1-4-6-9-14-10-11(3)7-8-12(13)5-2;1-3-2;1-2-3/h7-11,16H,4-6,12-15H2,1-3H3;4-8,13H,3,9-10H2,1-2H3;3H,1H2,2H3;2H,1H3/b11-10-,19-7-;6-4-,8-7-,12-5+;;. The summed E-state index contributed by atoms with van der Waals surface area (Å²) < 4.78 is 5.26. The van der Waals surface area contributed by atoms with Crippen LogP contribution in [0.3, 0.4) is 0 Å². The Balaban J connectivity index is 0. The van der Waals surface area contributed by atoms with Gasteiger partial charge in [-0.3, -0.25) is 0 Å². The van der Waals surface area contributed by atoms with Gasteiger partial charge >= 0.3 is 0 Å². The molecule has 2 rings (SSSR count). The number of nitrogens with zero attached hydrogens (tertiary/aromatic N) is 1. The molecule has 228 valence electrons. The lowest BCUT2D eigenvalue weighted by atomic mass is 10.0. The van der Waals surface area contributed by atoms with E-state index in [2.05, 4.69) is 75.3 Å². The number of carbonyl (C=O) groups excluding carboxylic acids is 1. The van der Waals surface area contributed by atoms with Crippen LogP contribution in [0.1, 0.15) is 77.0 Å². The lowest BCUT2D eigenvalue weighted by Crippen LogP contribution is -2.20. The van der Waals surface area contributed by atoms with E-state index in [0.717, 1.165) is 18.3 Å². The van der Waals surface area contributed by atoms with Gasteiger partial charge in [0.05, 0.1) is 13.2 Å². The van der Waals surface area contributed by atoms with E-state index < -0.39 is 0 Å². The molecule has 0 aromatic heterocycles. The molecule has 0 bridgehead atoms. The molecule has 0 spiro atoms. The molecular formula is C37H57NO3. The van der Waals surface area contributed by atoms with Gasteiger partial charge in [0, 0.05) is 6.54 Å². The number of likely N-dealkylation sites (tertiary alicyclic amines) is 1. The number of aryl methyl sites for hydroxylation is 2. The number of aliphatic hydroxyl groups is 1. The molecule has 1 aromatic rings. The minimum atomic E-state index is 0.236. The van der Waals surface area contributed by atoms with E-state index >= 15 is 0 Å². The summed E-state index contributed by atoms with van der Waals surface area (Å²) in [5, 5.41) is 9.10. The summed E-state index contributed by atoms with van der Waals surface area (Å²) >= 11 is 0. The largest absolute Gasteiger partial charge is 0.508 e. The predicted octanol–water partition coefficient (Wildman–Crippen LogP) is 9.69. The van der Waals surface area contributed by atoms with Crippen LogP contribution in [-0.4, -0.2) is 49.1 Å². The topological polar surface area (TPSA) is 49.8 Å². The van der Waals surface area contributed by atoms with Crippen molar-refractivity contribution in [3.05, 3.63) is 114 Å². The summed E-state index contributed by atoms with van der Waals surface area (Å²) in [6.07, 6.45) is 23.4. The van der Waals surface area contributed by atoms with E-state index in [1.54, 1.807) is 31.2 Å². The van der Waals surface area contributed by atoms with Gasteiger partial charge in [0.2, 0.25) is 0 Å². The molecule has 1 aliphatic rings. The average molecular weight is 564 g/mol. The Morgan fingerprint density at radius 3 is 2.27 bits per heavy atom. The Bertz CT molecular complexity index is 983. The molecule has 4 nitrogen and oxygen atoms in total. The normalized spacial score (nSPS) is 13.7. The summed E-state index contributed by atoms with van der Waals surface area (Å²) in [6, 6.07) is 6.67. The summed E-state index contributed by atoms with van der Waals surface area (Å²) in [7, 11) is 0. The Hall–Kier alpha value is -3.21. The number of allylic oxidation sites excluding steroid dienone is 6. The van der Waals surface area contributed by atoms with Crippen LogP contribution in [0.25, 0.3) is 6.08 Å². The zero-order chi connectivity index (χ0) is 31.3. The first-order chi connectivity index (χ1) is 19.7. The Labute approximate surface area is 252 Å². The van der Waals surface area contributed by atoms with Gasteiger partial charge in [0.1, 0.15) is 12.0 Å². The van der Waals surface area contributed by atoms with Gasteiger partial charge in [-0.25, -0.2) is 0 Å². The van der Waals surface area contributed by atoms with Crippen LogP contribution in [0.2, 0.25) is 0 Å². The summed E-state index contributed by atoms with van der Waals surface area (Å²) in [6.45, 7) is 25.6. The molecule has 1 aromatic carbocycles. The first-order valence-corrected chi connectivity index (χ1v) is 14.8. The zero-order valence-corrected chi connectivity index (χ0v) is 27.0. The highest BCUT2D eigenvalue weighted by molar-refractivity contribution is 5.57. The van der Waals surface area contributed by atoms with Gasteiger partial charge < -0.3 is 19.5 Å².